The molecule has 1 aliphatic carbocycles. The second-order valence-corrected chi connectivity index (χ2v) is 20.4. The molecule has 5 fully saturated rings. The number of nitrogens with zero attached hydrogens (tertiary/aromatic N) is 3. The van der Waals surface area contributed by atoms with Gasteiger partial charge in [0.2, 0.25) is 0 Å². The van der Waals surface area contributed by atoms with E-state index in [1.165, 1.54) is 0 Å². The predicted molar refractivity (Wildman–Crippen MR) is 274 cm³/mol. The Hall–Kier alpha value is -6.07. The molecule has 26 heteroatoms. The Morgan fingerprint density at radius 3 is 1.75 bits per heavy atom. The number of nitrogens with one attached hydrogen (secondary N) is 3. The van der Waals surface area contributed by atoms with E-state index in [4.69, 9.17) is 47.4 Å². The van der Waals surface area contributed by atoms with Gasteiger partial charge >= 0.3 is 18.3 Å². The summed E-state index contributed by atoms with van der Waals surface area (Å²) in [6.45, 7) is 2.10. The molecular formula is C54H70N6O20. The number of aliphatic hydroxyl groups is 6. The second-order valence-electron chi connectivity index (χ2n) is 20.4. The maximum atomic E-state index is 13.7. The highest BCUT2D eigenvalue weighted by molar-refractivity contribution is 5.83. The Morgan fingerprint density at radius 2 is 1.18 bits per heavy atom. The lowest BCUT2D eigenvalue weighted by Gasteiger charge is -2.46. The number of rotatable bonds is 24. The number of Topliss-reactive ketones (excluding diaryl/α,β-unsaturated/α-hetero) is 1. The van der Waals surface area contributed by atoms with Crippen molar-refractivity contribution in [3.8, 4) is 0 Å². The van der Waals surface area contributed by atoms with Crippen LogP contribution in [0.25, 0.3) is 10.4 Å². The fraction of sp³-hybridized carbons (Fsp3) is 0.593. The Kier molecular flexibility index (Phi) is 21.4. The zero-order valence-corrected chi connectivity index (χ0v) is 44.0. The molecule has 3 aromatic carbocycles. The van der Waals surface area contributed by atoms with E-state index < -0.39 is 159 Å². The van der Waals surface area contributed by atoms with Crippen molar-refractivity contribution < 1.29 is 97.2 Å². The van der Waals surface area contributed by atoms with Gasteiger partial charge in [0.25, 0.3) is 0 Å². The number of ketones is 1. The number of aliphatic hydroxyl groups excluding tert-OH is 6. The van der Waals surface area contributed by atoms with Crippen LogP contribution in [-0.4, -0.2) is 185 Å². The second kappa shape index (κ2) is 28.6. The van der Waals surface area contributed by atoms with Crippen molar-refractivity contribution in [3.63, 3.8) is 0 Å². The van der Waals surface area contributed by atoms with E-state index in [-0.39, 0.29) is 52.2 Å². The largest absolute Gasteiger partial charge is 0.445 e. The van der Waals surface area contributed by atoms with E-state index in [0.29, 0.717) is 11.1 Å². The van der Waals surface area contributed by atoms with Crippen LogP contribution in [0.2, 0.25) is 0 Å². The van der Waals surface area contributed by atoms with Crippen molar-refractivity contribution in [2.45, 2.75) is 170 Å². The van der Waals surface area contributed by atoms with Crippen molar-refractivity contribution in [3.05, 3.63) is 118 Å². The number of amides is 3. The maximum Gasteiger partial charge on any atom is 0.407 e. The van der Waals surface area contributed by atoms with E-state index in [2.05, 4.69) is 26.0 Å². The number of carbonyl (C=O) groups is 4. The lowest BCUT2D eigenvalue weighted by Crippen LogP contribution is -2.65. The zero-order chi connectivity index (χ0) is 56.9. The van der Waals surface area contributed by atoms with Gasteiger partial charge in [0.1, 0.15) is 86.8 Å². The molecule has 20 atom stereocenters. The van der Waals surface area contributed by atoms with Crippen LogP contribution in [0.4, 0.5) is 14.4 Å². The first kappa shape index (κ1) is 60.0. The summed E-state index contributed by atoms with van der Waals surface area (Å²) in [5.74, 6) is -2.26. The van der Waals surface area contributed by atoms with Crippen LogP contribution in [0, 0.1) is 11.8 Å². The Balaban J connectivity index is 0.998. The molecule has 436 valence electrons. The maximum absolute atomic E-state index is 13.7. The topological polar surface area (TPSA) is 370 Å². The Bertz CT molecular complexity index is 2520. The fourth-order valence-electron chi connectivity index (χ4n) is 10.4. The van der Waals surface area contributed by atoms with Gasteiger partial charge in [-0.3, -0.25) is 4.79 Å². The summed E-state index contributed by atoms with van der Waals surface area (Å²) in [5.41, 5.74) is 11.3. The molecule has 80 heavy (non-hydrogen) atoms. The van der Waals surface area contributed by atoms with E-state index in [1.807, 2.05) is 12.1 Å². The Labute approximate surface area is 460 Å². The molecule has 3 amide bonds. The minimum atomic E-state index is -1.82. The van der Waals surface area contributed by atoms with Crippen LogP contribution in [0.5, 0.6) is 0 Å². The molecule has 26 nitrogen and oxygen atoms in total. The lowest BCUT2D eigenvalue weighted by molar-refractivity contribution is -0.297. The highest BCUT2D eigenvalue weighted by Crippen LogP contribution is 2.43. The molecule has 4 saturated heterocycles. The zero-order valence-electron chi connectivity index (χ0n) is 44.0. The molecule has 0 aromatic heterocycles. The van der Waals surface area contributed by atoms with Gasteiger partial charge in [-0.1, -0.05) is 110 Å². The number of hydrogen-bond acceptors (Lipinski definition) is 21. The van der Waals surface area contributed by atoms with Gasteiger partial charge < -0.3 is 94.0 Å². The standard InChI is InChI=1S/C54H70N6O20/c1-3-35-41(65)42(66)38(58-53(69)72-26-30-15-9-5-10-16-30)49(74-35)79-45-37(24-61)76-51(43(45)67)80-48-40(64)32(22-34(63)33(62)19-20-56-52(68)71-25-29-13-7-4-8-14-29)21-28(2)44(48)78-50-39(47-46(77-47)36(75-50)23-57-60-55)59-54(70)73-27-31-17-11-6-12-18-31/h4-18,28,32-33,35-51,61-62,64-67H,3,19-27H2,1-2H3,(H,56,68)(H,58,69)(H,59,70)/t28-,32-,33-,35-,36+,37+,38+,39+,40-,41+,42+,43+,44+,45+,46-,47+,48+,49+,50+,51-/m0/s1. The van der Waals surface area contributed by atoms with Crippen LogP contribution in [0.3, 0.4) is 0 Å². The average Bonchev–Trinajstić information content (AvgIpc) is 4.39. The molecule has 0 radical (unpaired) electrons. The summed E-state index contributed by atoms with van der Waals surface area (Å²) in [6.07, 6.45) is -24.7. The van der Waals surface area contributed by atoms with Crippen LogP contribution in [0.15, 0.2) is 96.1 Å². The molecule has 9 N–H and O–H groups in total. The smallest absolute Gasteiger partial charge is 0.407 e. The number of hydrogen-bond donors (Lipinski definition) is 9. The van der Waals surface area contributed by atoms with Crippen LogP contribution in [-0.2, 0) is 72.0 Å². The van der Waals surface area contributed by atoms with Crippen molar-refractivity contribution in [2.24, 2.45) is 17.0 Å². The predicted octanol–water partition coefficient (Wildman–Crippen LogP) is 2.12. The average molecular weight is 1120 g/mol. The molecule has 4 aliphatic heterocycles. The van der Waals surface area contributed by atoms with Crippen LogP contribution >= 0.6 is 0 Å². The summed E-state index contributed by atoms with van der Waals surface area (Å²) >= 11 is 0. The van der Waals surface area contributed by atoms with Crippen molar-refractivity contribution in [1.29, 1.82) is 0 Å². The van der Waals surface area contributed by atoms with Crippen molar-refractivity contribution >= 4 is 24.1 Å². The minimum Gasteiger partial charge on any atom is -0.445 e. The van der Waals surface area contributed by atoms with Crippen LogP contribution < -0.4 is 16.0 Å². The van der Waals surface area contributed by atoms with Gasteiger partial charge in [0.15, 0.2) is 24.7 Å². The fourth-order valence-corrected chi connectivity index (χ4v) is 10.4. The van der Waals surface area contributed by atoms with E-state index in [9.17, 15) is 55.3 Å². The third kappa shape index (κ3) is 15.5. The third-order valence-electron chi connectivity index (χ3n) is 14.8. The molecule has 0 spiro atoms. The van der Waals surface area contributed by atoms with Gasteiger partial charge in [-0.15, -0.1) is 0 Å². The summed E-state index contributed by atoms with van der Waals surface area (Å²) in [5, 5.41) is 79.9. The number of benzene rings is 3. The number of azide groups is 1. The molecule has 5 aliphatic rings. The molecule has 4 heterocycles. The molecule has 3 aromatic rings. The monoisotopic (exact) mass is 1120 g/mol. The van der Waals surface area contributed by atoms with Gasteiger partial charge in [-0.2, -0.15) is 0 Å². The normalized spacial score (nSPS) is 33.9. The van der Waals surface area contributed by atoms with E-state index in [0.717, 1.165) is 5.56 Å². The molecule has 8 rings (SSSR count). The summed E-state index contributed by atoms with van der Waals surface area (Å²) in [4.78, 5) is 55.5. The van der Waals surface area contributed by atoms with E-state index in [1.54, 1.807) is 92.7 Å². The number of ether oxygens (including phenoxy) is 10. The van der Waals surface area contributed by atoms with Gasteiger partial charge in [0.05, 0.1) is 37.6 Å². The number of alkyl carbamates (subject to hydrolysis) is 3. The summed E-state index contributed by atoms with van der Waals surface area (Å²) in [7, 11) is 0. The highest BCUT2D eigenvalue weighted by Gasteiger charge is 2.61. The van der Waals surface area contributed by atoms with Gasteiger partial charge in [-0.05, 0) is 53.3 Å². The number of carbonyl (C=O) groups excluding carboxylic acids is 4. The van der Waals surface area contributed by atoms with Crippen molar-refractivity contribution in [1.82, 2.24) is 16.0 Å². The summed E-state index contributed by atoms with van der Waals surface area (Å²) < 4.78 is 59.9. The Morgan fingerprint density at radius 1 is 0.650 bits per heavy atom. The van der Waals surface area contributed by atoms with E-state index >= 15 is 0 Å². The molecule has 1 saturated carbocycles. The SMILES string of the molecule is CC[C@@H]1O[C@H](O[C@H]2[C@@H](O)[C@H](O[C@@H]3[C@@H](O)[C@H](CC(=O)[C@@H](O)CCNC(=O)OCc4ccccc4)C[C@H](C)[C@H]3O[C@H]3O[C@H](CN=[N+]=[N-])[C@@H]4O[C@@H]4[C@H]3NC(=O)OCc3ccccc3)O[C@@H]2CO)[C@H](NC(=O)OCc2ccccc2)[C@@H](O)[C@@H]1O. The third-order valence-corrected chi connectivity index (χ3v) is 14.8. The minimum absolute atomic E-state index is 0.00295. The lowest BCUT2D eigenvalue weighted by atomic mass is 9.74. The summed E-state index contributed by atoms with van der Waals surface area (Å²) in [6, 6.07) is 24.1. The highest BCUT2D eigenvalue weighted by atomic mass is 16.8. The first-order valence-electron chi connectivity index (χ1n) is 26.7. The molecular weight excluding hydrogens is 1050 g/mol. The number of epoxide rings is 1. The van der Waals surface area contributed by atoms with Gasteiger partial charge in [0, 0.05) is 17.9 Å². The quantitative estimate of drug-likeness (QED) is 0.0204. The molecule has 0 bridgehead atoms. The first-order valence-corrected chi connectivity index (χ1v) is 26.7. The number of fused-ring (bicyclic) bond motifs is 1. The van der Waals surface area contributed by atoms with Crippen molar-refractivity contribution in [2.75, 3.05) is 19.7 Å². The first-order chi connectivity index (χ1) is 38.6. The van der Waals surface area contributed by atoms with Crippen LogP contribution in [0.1, 0.15) is 56.2 Å². The molecule has 0 unspecified atom stereocenters. The van der Waals surface area contributed by atoms with Gasteiger partial charge in [-0.25, -0.2) is 14.4 Å².